The van der Waals surface area contributed by atoms with Gasteiger partial charge in [-0.15, -0.1) is 0 Å². The van der Waals surface area contributed by atoms with Gasteiger partial charge in [-0.2, -0.15) is 0 Å². The number of rotatable bonds is 4. The van der Waals surface area contributed by atoms with E-state index in [1.165, 1.54) is 19.1 Å². The first-order chi connectivity index (χ1) is 12.4. The lowest BCUT2D eigenvalue weighted by Crippen LogP contribution is -2.39. The van der Waals surface area contributed by atoms with Crippen LogP contribution in [0.2, 0.25) is 0 Å². The van der Waals surface area contributed by atoms with Crippen molar-refractivity contribution < 1.29 is 19.2 Å². The smallest absolute Gasteiger partial charge is 0.341 e. The molecule has 0 fully saturated rings. The molecule has 1 heterocycles. The van der Waals surface area contributed by atoms with E-state index in [1.54, 1.807) is 4.90 Å². The molecule has 0 saturated heterocycles. The topological polar surface area (TPSA) is 116 Å². The number of para-hydroxylation sites is 1. The Bertz CT molecular complexity index is 896. The van der Waals surface area contributed by atoms with Crippen LogP contribution in [0.3, 0.4) is 0 Å². The second-order valence-corrected chi connectivity index (χ2v) is 5.94. The third kappa shape index (κ3) is 3.21. The molecule has 1 amide bonds. The Morgan fingerprint density at radius 3 is 2.73 bits per heavy atom. The van der Waals surface area contributed by atoms with Crippen molar-refractivity contribution in [3.8, 4) is 0 Å². The monoisotopic (exact) mass is 355 g/mol. The molecule has 8 nitrogen and oxygen atoms in total. The van der Waals surface area contributed by atoms with Crippen molar-refractivity contribution >= 4 is 28.9 Å². The van der Waals surface area contributed by atoms with Gasteiger partial charge in [0.05, 0.1) is 10.5 Å². The highest BCUT2D eigenvalue weighted by atomic mass is 16.6. The fourth-order valence-electron chi connectivity index (χ4n) is 2.90. The molecule has 1 aliphatic rings. The van der Waals surface area contributed by atoms with Crippen LogP contribution in [0.25, 0.3) is 0 Å². The Morgan fingerprint density at radius 2 is 2.00 bits per heavy atom. The van der Waals surface area contributed by atoms with Crippen LogP contribution in [-0.2, 0) is 16.0 Å². The van der Waals surface area contributed by atoms with Gasteiger partial charge in [-0.3, -0.25) is 14.9 Å². The number of amides is 1. The van der Waals surface area contributed by atoms with Gasteiger partial charge in [0.15, 0.2) is 6.10 Å². The maximum Gasteiger partial charge on any atom is 0.341 e. The summed E-state index contributed by atoms with van der Waals surface area (Å²) < 4.78 is 5.21. The fraction of sp³-hybridized carbons (Fsp3) is 0.222. The SMILES string of the molecule is C[C@@H](OC(=O)c1cc([N+](=O)[O-])ccc1N)C(=O)N1CCc2ccccc21. The molecule has 0 radical (unpaired) electrons. The van der Waals surface area contributed by atoms with Crippen molar-refractivity contribution in [3.63, 3.8) is 0 Å². The van der Waals surface area contributed by atoms with E-state index in [1.807, 2.05) is 24.3 Å². The molecule has 2 aromatic carbocycles. The highest BCUT2D eigenvalue weighted by molar-refractivity contribution is 6.01. The number of nitrogens with two attached hydrogens (primary N) is 1. The van der Waals surface area contributed by atoms with Crippen LogP contribution >= 0.6 is 0 Å². The van der Waals surface area contributed by atoms with Crippen LogP contribution in [0.4, 0.5) is 17.1 Å². The number of hydrogen-bond acceptors (Lipinski definition) is 6. The van der Waals surface area contributed by atoms with Crippen LogP contribution in [0, 0.1) is 10.1 Å². The summed E-state index contributed by atoms with van der Waals surface area (Å²) in [7, 11) is 0. The second-order valence-electron chi connectivity index (χ2n) is 5.94. The zero-order chi connectivity index (χ0) is 18.8. The van der Waals surface area contributed by atoms with Gasteiger partial charge in [0.1, 0.15) is 0 Å². The highest BCUT2D eigenvalue weighted by Gasteiger charge is 2.30. The van der Waals surface area contributed by atoms with Crippen molar-refractivity contribution in [2.75, 3.05) is 17.2 Å². The van der Waals surface area contributed by atoms with Crippen LogP contribution in [0.5, 0.6) is 0 Å². The lowest BCUT2D eigenvalue weighted by atomic mass is 10.1. The minimum absolute atomic E-state index is 0.0479. The van der Waals surface area contributed by atoms with Crippen molar-refractivity contribution in [2.45, 2.75) is 19.4 Å². The third-order valence-corrected chi connectivity index (χ3v) is 4.25. The first-order valence-electron chi connectivity index (χ1n) is 8.02. The van der Waals surface area contributed by atoms with E-state index in [0.29, 0.717) is 6.54 Å². The fourth-order valence-corrected chi connectivity index (χ4v) is 2.90. The zero-order valence-electron chi connectivity index (χ0n) is 14.0. The predicted molar refractivity (Wildman–Crippen MR) is 94.9 cm³/mol. The average molecular weight is 355 g/mol. The zero-order valence-corrected chi connectivity index (χ0v) is 14.0. The number of hydrogen-bond donors (Lipinski definition) is 1. The number of carbonyl (C=O) groups excluding carboxylic acids is 2. The second kappa shape index (κ2) is 6.83. The van der Waals surface area contributed by atoms with Gasteiger partial charge >= 0.3 is 5.97 Å². The van der Waals surface area contributed by atoms with Gasteiger partial charge < -0.3 is 15.4 Å². The standard InChI is InChI=1S/C18H17N3O5/c1-11(17(22)20-9-8-12-4-2-3-5-16(12)20)26-18(23)14-10-13(21(24)25)6-7-15(14)19/h2-7,10-11H,8-9,19H2,1H3/t11-/m1/s1. The Morgan fingerprint density at radius 1 is 1.27 bits per heavy atom. The lowest BCUT2D eigenvalue weighted by molar-refractivity contribution is -0.384. The first-order valence-corrected chi connectivity index (χ1v) is 8.02. The molecular weight excluding hydrogens is 338 g/mol. The molecule has 2 aromatic rings. The number of benzene rings is 2. The molecule has 0 aromatic heterocycles. The van der Waals surface area contributed by atoms with Crippen molar-refractivity contribution in [1.82, 2.24) is 0 Å². The summed E-state index contributed by atoms with van der Waals surface area (Å²) in [5.74, 6) is -1.23. The first kappa shape index (κ1) is 17.4. The molecule has 2 N–H and O–H groups in total. The highest BCUT2D eigenvalue weighted by Crippen LogP contribution is 2.28. The van der Waals surface area contributed by atoms with Gasteiger partial charge in [0.25, 0.3) is 11.6 Å². The van der Waals surface area contributed by atoms with E-state index in [9.17, 15) is 19.7 Å². The van der Waals surface area contributed by atoms with Crippen molar-refractivity contribution in [2.24, 2.45) is 0 Å². The van der Waals surface area contributed by atoms with Crippen LogP contribution < -0.4 is 10.6 Å². The van der Waals surface area contributed by atoms with Gasteiger partial charge in [-0.1, -0.05) is 18.2 Å². The molecule has 134 valence electrons. The predicted octanol–water partition coefficient (Wildman–Crippen LogP) is 2.31. The normalized spacial score (nSPS) is 13.8. The molecule has 26 heavy (non-hydrogen) atoms. The van der Waals surface area contributed by atoms with Gasteiger partial charge in [-0.05, 0) is 31.0 Å². The number of carbonyl (C=O) groups is 2. The van der Waals surface area contributed by atoms with Gasteiger partial charge in [0.2, 0.25) is 0 Å². The molecule has 3 rings (SSSR count). The molecule has 1 atom stereocenters. The summed E-state index contributed by atoms with van der Waals surface area (Å²) in [5, 5.41) is 10.9. The van der Waals surface area contributed by atoms with Crippen LogP contribution in [0.1, 0.15) is 22.8 Å². The molecule has 0 bridgehead atoms. The molecule has 8 heteroatoms. The maximum atomic E-state index is 12.6. The molecule has 0 aliphatic carbocycles. The number of fused-ring (bicyclic) bond motifs is 1. The molecule has 0 spiro atoms. The third-order valence-electron chi connectivity index (χ3n) is 4.25. The van der Waals surface area contributed by atoms with Crippen molar-refractivity contribution in [1.29, 1.82) is 0 Å². The minimum atomic E-state index is -1.05. The summed E-state index contributed by atoms with van der Waals surface area (Å²) in [6.45, 7) is 1.98. The maximum absolute atomic E-state index is 12.6. The Balaban J connectivity index is 1.75. The number of ether oxygens (including phenoxy) is 1. The van der Waals surface area contributed by atoms with E-state index in [4.69, 9.17) is 10.5 Å². The Hall–Kier alpha value is -3.42. The number of nitrogens with zero attached hydrogens (tertiary/aromatic N) is 2. The number of non-ortho nitro benzene ring substituents is 1. The van der Waals surface area contributed by atoms with Crippen molar-refractivity contribution in [3.05, 3.63) is 63.7 Å². The lowest BCUT2D eigenvalue weighted by Gasteiger charge is -2.21. The summed E-state index contributed by atoms with van der Waals surface area (Å²) in [5.41, 5.74) is 7.20. The molecule has 0 unspecified atom stereocenters. The van der Waals surface area contributed by atoms with E-state index < -0.39 is 17.0 Å². The van der Waals surface area contributed by atoms with E-state index in [-0.39, 0.29) is 22.8 Å². The number of nitro benzene ring substituents is 1. The largest absolute Gasteiger partial charge is 0.449 e. The quantitative estimate of drug-likeness (QED) is 0.389. The van der Waals surface area contributed by atoms with E-state index >= 15 is 0 Å². The Kier molecular flexibility index (Phi) is 4.57. The summed E-state index contributed by atoms with van der Waals surface area (Å²) in [4.78, 5) is 36.8. The molecular formula is C18H17N3O5. The summed E-state index contributed by atoms with van der Waals surface area (Å²) >= 11 is 0. The molecule has 1 aliphatic heterocycles. The number of esters is 1. The van der Waals surface area contributed by atoms with Gasteiger partial charge in [0, 0.05) is 30.1 Å². The number of nitrogen functional groups attached to an aromatic ring is 1. The van der Waals surface area contributed by atoms with E-state index in [2.05, 4.69) is 0 Å². The number of anilines is 2. The minimum Gasteiger partial charge on any atom is -0.449 e. The molecule has 0 saturated carbocycles. The summed E-state index contributed by atoms with van der Waals surface area (Å²) in [6, 6.07) is 11.0. The number of nitro groups is 1. The average Bonchev–Trinajstić information content (AvgIpc) is 3.05. The van der Waals surface area contributed by atoms with Crippen LogP contribution in [0.15, 0.2) is 42.5 Å². The Labute approximate surface area is 149 Å². The van der Waals surface area contributed by atoms with E-state index in [0.717, 1.165) is 23.7 Å². The summed E-state index contributed by atoms with van der Waals surface area (Å²) in [6.07, 6.45) is -0.312. The van der Waals surface area contributed by atoms with Gasteiger partial charge in [-0.25, -0.2) is 4.79 Å². The van der Waals surface area contributed by atoms with Crippen LogP contribution in [-0.4, -0.2) is 29.4 Å².